The van der Waals surface area contributed by atoms with Gasteiger partial charge in [0.15, 0.2) is 0 Å². The van der Waals surface area contributed by atoms with Gasteiger partial charge in [-0.05, 0) is 29.7 Å². The van der Waals surface area contributed by atoms with Gasteiger partial charge in [-0.15, -0.1) is 0 Å². The number of ether oxygens (including phenoxy) is 2. The summed E-state index contributed by atoms with van der Waals surface area (Å²) in [6, 6.07) is 12.9. The van der Waals surface area contributed by atoms with E-state index in [0.717, 1.165) is 11.1 Å². The average molecular weight is 298 g/mol. The van der Waals surface area contributed by atoms with E-state index in [1.54, 1.807) is 6.07 Å². The lowest BCUT2D eigenvalue weighted by atomic mass is 10.00. The van der Waals surface area contributed by atoms with Crippen molar-refractivity contribution in [3.63, 3.8) is 0 Å². The molecule has 0 saturated heterocycles. The van der Waals surface area contributed by atoms with Gasteiger partial charge in [0, 0.05) is 6.07 Å². The molecule has 0 spiro atoms. The topological polar surface area (TPSA) is 55.8 Å². The molecule has 0 amide bonds. The van der Waals surface area contributed by atoms with Crippen LogP contribution in [0.1, 0.15) is 28.4 Å². The second kappa shape index (κ2) is 6.80. The molecule has 0 saturated carbocycles. The van der Waals surface area contributed by atoms with Crippen molar-refractivity contribution < 1.29 is 19.4 Å². The minimum absolute atomic E-state index is 0.124. The Kier molecular flexibility index (Phi) is 4.84. The average Bonchev–Trinajstić information content (AvgIpc) is 2.54. The van der Waals surface area contributed by atoms with Crippen LogP contribution in [0.25, 0.3) is 11.6 Å². The Balaban J connectivity index is 2.57. The molecular weight excluding hydrogens is 280 g/mol. The van der Waals surface area contributed by atoms with Crippen molar-refractivity contribution in [2.24, 2.45) is 0 Å². The first-order valence-corrected chi connectivity index (χ1v) is 6.80. The van der Waals surface area contributed by atoms with E-state index in [1.807, 2.05) is 43.3 Å². The van der Waals surface area contributed by atoms with Crippen molar-refractivity contribution in [2.75, 3.05) is 14.2 Å². The SMILES string of the molecule is COC(=O)c1c(O)cc(OC)cc1C=C(C)c1ccccc1. The Bertz CT molecular complexity index is 703. The molecule has 0 atom stereocenters. The highest BCUT2D eigenvalue weighted by Crippen LogP contribution is 2.31. The Morgan fingerprint density at radius 1 is 1.14 bits per heavy atom. The molecule has 0 aliphatic carbocycles. The van der Waals surface area contributed by atoms with Gasteiger partial charge >= 0.3 is 5.97 Å². The van der Waals surface area contributed by atoms with Crippen LogP contribution in [-0.4, -0.2) is 25.3 Å². The fourth-order valence-electron chi connectivity index (χ4n) is 2.20. The zero-order valence-corrected chi connectivity index (χ0v) is 12.8. The predicted octanol–water partition coefficient (Wildman–Crippen LogP) is 3.75. The van der Waals surface area contributed by atoms with Crippen molar-refractivity contribution in [2.45, 2.75) is 6.92 Å². The lowest BCUT2D eigenvalue weighted by Crippen LogP contribution is -2.05. The smallest absolute Gasteiger partial charge is 0.342 e. The summed E-state index contributed by atoms with van der Waals surface area (Å²) < 4.78 is 9.90. The second-order valence-electron chi connectivity index (χ2n) is 4.80. The van der Waals surface area contributed by atoms with E-state index in [4.69, 9.17) is 9.47 Å². The van der Waals surface area contributed by atoms with E-state index in [2.05, 4.69) is 0 Å². The molecule has 1 N–H and O–H groups in total. The lowest BCUT2D eigenvalue weighted by Gasteiger charge is -2.11. The molecule has 2 aromatic carbocycles. The first-order valence-electron chi connectivity index (χ1n) is 6.80. The molecule has 114 valence electrons. The van der Waals surface area contributed by atoms with E-state index >= 15 is 0 Å². The molecule has 0 bridgehead atoms. The maximum absolute atomic E-state index is 11.9. The standard InChI is InChI=1S/C18H18O4/c1-12(13-7-5-4-6-8-13)9-14-10-15(21-2)11-16(19)17(14)18(20)22-3/h4-11,19H,1-3H3. The van der Waals surface area contributed by atoms with Crippen LogP contribution in [0.15, 0.2) is 42.5 Å². The molecule has 0 aliphatic heterocycles. The van der Waals surface area contributed by atoms with Gasteiger partial charge in [0.2, 0.25) is 0 Å². The Hall–Kier alpha value is -2.75. The van der Waals surface area contributed by atoms with Gasteiger partial charge in [0.1, 0.15) is 17.1 Å². The van der Waals surface area contributed by atoms with Crippen LogP contribution in [0.5, 0.6) is 11.5 Å². The quantitative estimate of drug-likeness (QED) is 0.690. The van der Waals surface area contributed by atoms with Crippen molar-refractivity contribution in [3.05, 3.63) is 59.2 Å². The number of allylic oxidation sites excluding steroid dienone is 1. The molecule has 0 radical (unpaired) electrons. The Labute approximate surface area is 129 Å². The third-order valence-corrected chi connectivity index (χ3v) is 3.35. The zero-order valence-electron chi connectivity index (χ0n) is 12.8. The number of carbonyl (C=O) groups excluding carboxylic acids is 1. The third kappa shape index (κ3) is 3.28. The Morgan fingerprint density at radius 2 is 1.82 bits per heavy atom. The van der Waals surface area contributed by atoms with Crippen LogP contribution in [0.2, 0.25) is 0 Å². The minimum atomic E-state index is -0.590. The largest absolute Gasteiger partial charge is 0.507 e. The molecule has 4 heteroatoms. The highest BCUT2D eigenvalue weighted by atomic mass is 16.5. The maximum Gasteiger partial charge on any atom is 0.342 e. The van der Waals surface area contributed by atoms with Gasteiger partial charge in [-0.1, -0.05) is 36.4 Å². The fraction of sp³-hybridized carbons (Fsp3) is 0.167. The van der Waals surface area contributed by atoms with Crippen LogP contribution in [-0.2, 0) is 4.74 Å². The molecule has 0 aromatic heterocycles. The summed E-state index contributed by atoms with van der Waals surface area (Å²) in [7, 11) is 2.79. The molecule has 22 heavy (non-hydrogen) atoms. The molecule has 0 unspecified atom stereocenters. The summed E-state index contributed by atoms with van der Waals surface area (Å²) in [6.07, 6.45) is 1.82. The van der Waals surface area contributed by atoms with Gasteiger partial charge in [0.25, 0.3) is 0 Å². The molecule has 2 aromatic rings. The van der Waals surface area contributed by atoms with Gasteiger partial charge in [-0.3, -0.25) is 0 Å². The molecule has 0 fully saturated rings. The molecular formula is C18H18O4. The van der Waals surface area contributed by atoms with Crippen LogP contribution < -0.4 is 4.74 Å². The monoisotopic (exact) mass is 298 g/mol. The normalized spacial score (nSPS) is 11.1. The zero-order chi connectivity index (χ0) is 16.1. The highest BCUT2D eigenvalue weighted by Gasteiger charge is 2.18. The van der Waals surface area contributed by atoms with Gasteiger partial charge in [-0.25, -0.2) is 4.79 Å². The van der Waals surface area contributed by atoms with Crippen molar-refractivity contribution in [3.8, 4) is 11.5 Å². The molecule has 0 heterocycles. The number of esters is 1. The number of methoxy groups -OCH3 is 2. The molecule has 2 rings (SSSR count). The van der Waals surface area contributed by atoms with E-state index in [0.29, 0.717) is 11.3 Å². The van der Waals surface area contributed by atoms with E-state index in [1.165, 1.54) is 20.3 Å². The Morgan fingerprint density at radius 3 is 2.41 bits per heavy atom. The first kappa shape index (κ1) is 15.6. The maximum atomic E-state index is 11.9. The van der Waals surface area contributed by atoms with Gasteiger partial charge < -0.3 is 14.6 Å². The van der Waals surface area contributed by atoms with E-state index in [9.17, 15) is 9.90 Å². The van der Waals surface area contributed by atoms with E-state index in [-0.39, 0.29) is 11.3 Å². The number of phenols is 1. The number of rotatable bonds is 4. The number of hydrogen-bond donors (Lipinski definition) is 1. The van der Waals surface area contributed by atoms with Crippen LogP contribution in [0.4, 0.5) is 0 Å². The van der Waals surface area contributed by atoms with Crippen LogP contribution in [0, 0.1) is 0 Å². The number of hydrogen-bond acceptors (Lipinski definition) is 4. The second-order valence-corrected chi connectivity index (χ2v) is 4.80. The number of aromatic hydroxyl groups is 1. The number of phenolic OH excluding ortho intramolecular Hbond substituents is 1. The highest BCUT2D eigenvalue weighted by molar-refractivity contribution is 5.99. The van der Waals surface area contributed by atoms with Crippen molar-refractivity contribution in [1.29, 1.82) is 0 Å². The van der Waals surface area contributed by atoms with Crippen LogP contribution >= 0.6 is 0 Å². The van der Waals surface area contributed by atoms with Gasteiger partial charge in [0.05, 0.1) is 14.2 Å². The third-order valence-electron chi connectivity index (χ3n) is 3.35. The summed E-state index contributed by atoms with van der Waals surface area (Å²) in [4.78, 5) is 11.9. The summed E-state index contributed by atoms with van der Waals surface area (Å²) in [6.45, 7) is 1.94. The fourth-order valence-corrected chi connectivity index (χ4v) is 2.20. The number of benzene rings is 2. The molecule has 0 aliphatic rings. The van der Waals surface area contributed by atoms with Crippen molar-refractivity contribution >= 4 is 17.6 Å². The molecule has 4 nitrogen and oxygen atoms in total. The van der Waals surface area contributed by atoms with Crippen molar-refractivity contribution in [1.82, 2.24) is 0 Å². The van der Waals surface area contributed by atoms with Crippen LogP contribution in [0.3, 0.4) is 0 Å². The minimum Gasteiger partial charge on any atom is -0.507 e. The summed E-state index contributed by atoms with van der Waals surface area (Å²) in [5.41, 5.74) is 2.66. The first-order chi connectivity index (χ1) is 10.6. The summed E-state index contributed by atoms with van der Waals surface area (Å²) >= 11 is 0. The number of carbonyl (C=O) groups is 1. The summed E-state index contributed by atoms with van der Waals surface area (Å²) in [5.74, 6) is -0.289. The van der Waals surface area contributed by atoms with E-state index < -0.39 is 5.97 Å². The summed E-state index contributed by atoms with van der Waals surface area (Å²) in [5, 5.41) is 10.1. The van der Waals surface area contributed by atoms with Gasteiger partial charge in [-0.2, -0.15) is 0 Å². The lowest BCUT2D eigenvalue weighted by molar-refractivity contribution is 0.0597. The predicted molar refractivity (Wildman–Crippen MR) is 86.0 cm³/mol.